The smallest absolute Gasteiger partial charge is 0.233 e. The maximum absolute atomic E-state index is 12.6. The average molecular weight is 416 g/mol. The summed E-state index contributed by atoms with van der Waals surface area (Å²) in [5.74, 6) is 0.748. The Balaban J connectivity index is 1.51. The fraction of sp³-hybridized carbons (Fsp3) is 0.222. The molecular weight excluding hydrogens is 398 g/mol. The highest BCUT2D eigenvalue weighted by Crippen LogP contribution is 2.27. The van der Waals surface area contributed by atoms with Crippen molar-refractivity contribution in [1.29, 1.82) is 0 Å². The summed E-state index contributed by atoms with van der Waals surface area (Å²) < 4.78 is 1.74. The number of thiophene rings is 2. The van der Waals surface area contributed by atoms with Crippen LogP contribution in [0.4, 0.5) is 0 Å². The Morgan fingerprint density at radius 3 is 2.78 bits per heavy atom. The Labute approximate surface area is 168 Å². The van der Waals surface area contributed by atoms with Crippen molar-refractivity contribution in [3.05, 3.63) is 52.0 Å². The molecule has 4 heterocycles. The van der Waals surface area contributed by atoms with Crippen LogP contribution in [0, 0.1) is 0 Å². The Hall–Kier alpha value is -2.23. The largest absolute Gasteiger partial charge is 0.350 e. The zero-order chi connectivity index (χ0) is 18.6. The van der Waals surface area contributed by atoms with Crippen molar-refractivity contribution in [3.8, 4) is 10.7 Å². The van der Waals surface area contributed by atoms with Crippen LogP contribution < -0.4 is 5.32 Å². The van der Waals surface area contributed by atoms with Crippen LogP contribution in [-0.4, -0.2) is 31.0 Å². The zero-order valence-electron chi connectivity index (χ0n) is 14.5. The molecular formula is C18H17N5OS3. The second-order valence-electron chi connectivity index (χ2n) is 5.75. The lowest BCUT2D eigenvalue weighted by Gasteiger charge is -2.14. The van der Waals surface area contributed by atoms with Gasteiger partial charge in [-0.05, 0) is 41.4 Å². The van der Waals surface area contributed by atoms with Crippen molar-refractivity contribution in [1.82, 2.24) is 25.1 Å². The van der Waals surface area contributed by atoms with Crippen LogP contribution in [0.25, 0.3) is 16.3 Å². The van der Waals surface area contributed by atoms with E-state index in [1.54, 1.807) is 27.2 Å². The Kier molecular flexibility index (Phi) is 5.51. The molecule has 27 heavy (non-hydrogen) atoms. The molecule has 0 aliphatic rings. The molecule has 4 aromatic heterocycles. The number of hydrogen-bond donors (Lipinski definition) is 1. The van der Waals surface area contributed by atoms with E-state index in [4.69, 9.17) is 0 Å². The summed E-state index contributed by atoms with van der Waals surface area (Å²) in [6.07, 6.45) is 0.723. The van der Waals surface area contributed by atoms with Crippen LogP contribution in [-0.2, 0) is 11.3 Å². The number of nitrogens with one attached hydrogen (secondary N) is 1. The van der Waals surface area contributed by atoms with E-state index in [0.717, 1.165) is 27.0 Å². The highest BCUT2D eigenvalue weighted by atomic mass is 32.2. The van der Waals surface area contributed by atoms with Gasteiger partial charge in [-0.1, -0.05) is 30.8 Å². The van der Waals surface area contributed by atoms with Crippen molar-refractivity contribution in [2.45, 2.75) is 30.2 Å². The minimum atomic E-state index is -0.198. The summed E-state index contributed by atoms with van der Waals surface area (Å²) >= 11 is 4.70. The molecule has 0 saturated heterocycles. The van der Waals surface area contributed by atoms with Crippen molar-refractivity contribution in [2.24, 2.45) is 0 Å². The van der Waals surface area contributed by atoms with E-state index < -0.39 is 0 Å². The number of carbonyl (C=O) groups excluding carboxylic acids is 1. The molecule has 1 atom stereocenters. The molecule has 0 saturated carbocycles. The Morgan fingerprint density at radius 1 is 1.19 bits per heavy atom. The highest BCUT2D eigenvalue weighted by Gasteiger charge is 2.19. The molecule has 1 N–H and O–H groups in total. The zero-order valence-corrected chi connectivity index (χ0v) is 17.0. The molecule has 0 spiro atoms. The number of aromatic nitrogens is 4. The molecule has 6 nitrogen and oxygen atoms in total. The number of hydrogen-bond acceptors (Lipinski definition) is 7. The first kappa shape index (κ1) is 18.1. The van der Waals surface area contributed by atoms with Gasteiger partial charge in [0.2, 0.25) is 5.91 Å². The van der Waals surface area contributed by atoms with E-state index in [1.807, 2.05) is 54.1 Å². The van der Waals surface area contributed by atoms with Gasteiger partial charge < -0.3 is 5.32 Å². The summed E-state index contributed by atoms with van der Waals surface area (Å²) in [5.41, 5.74) is 0.693. The van der Waals surface area contributed by atoms with Gasteiger partial charge in [-0.15, -0.1) is 32.9 Å². The van der Waals surface area contributed by atoms with Gasteiger partial charge in [0, 0.05) is 4.88 Å². The van der Waals surface area contributed by atoms with Crippen molar-refractivity contribution < 1.29 is 4.79 Å². The van der Waals surface area contributed by atoms with E-state index in [2.05, 4.69) is 20.6 Å². The summed E-state index contributed by atoms with van der Waals surface area (Å²) in [6, 6.07) is 11.8. The molecule has 0 bridgehead atoms. The predicted molar refractivity (Wildman–Crippen MR) is 110 cm³/mol. The molecule has 138 valence electrons. The molecule has 0 aliphatic carbocycles. The molecule has 0 aromatic carbocycles. The minimum Gasteiger partial charge on any atom is -0.350 e. The van der Waals surface area contributed by atoms with E-state index in [0.29, 0.717) is 12.2 Å². The average Bonchev–Trinajstić information content (AvgIpc) is 3.45. The van der Waals surface area contributed by atoms with Crippen LogP contribution in [0.15, 0.2) is 52.2 Å². The van der Waals surface area contributed by atoms with Crippen molar-refractivity contribution in [2.75, 3.05) is 0 Å². The molecule has 9 heteroatoms. The lowest BCUT2D eigenvalue weighted by Crippen LogP contribution is -2.31. The lowest BCUT2D eigenvalue weighted by atomic mass is 10.3. The second-order valence-corrected chi connectivity index (χ2v) is 8.96. The summed E-state index contributed by atoms with van der Waals surface area (Å²) in [6.45, 7) is 2.57. The maximum Gasteiger partial charge on any atom is 0.233 e. The normalized spacial score (nSPS) is 12.3. The molecule has 4 rings (SSSR count). The number of amides is 1. The van der Waals surface area contributed by atoms with E-state index in [-0.39, 0.29) is 11.2 Å². The van der Waals surface area contributed by atoms with Gasteiger partial charge in [0.1, 0.15) is 5.03 Å². The van der Waals surface area contributed by atoms with Crippen LogP contribution in [0.3, 0.4) is 0 Å². The summed E-state index contributed by atoms with van der Waals surface area (Å²) in [7, 11) is 0. The molecule has 0 aliphatic heterocycles. The van der Waals surface area contributed by atoms with Gasteiger partial charge in [0.25, 0.3) is 0 Å². The van der Waals surface area contributed by atoms with Crippen molar-refractivity contribution >= 4 is 46.0 Å². The fourth-order valence-corrected chi connectivity index (χ4v) is 4.83. The standard InChI is InChI=1S/C18H17N5OS3/c1-2-13(18(24)19-11-12-5-3-9-25-12)27-16-8-7-15-20-21-17(23(15)22-16)14-6-4-10-26-14/h3-10,13H,2,11H2,1H3,(H,19,24). The van der Waals surface area contributed by atoms with Gasteiger partial charge in [-0.2, -0.15) is 9.61 Å². The third-order valence-corrected chi connectivity index (χ3v) is 6.96. The van der Waals surface area contributed by atoms with Gasteiger partial charge >= 0.3 is 0 Å². The van der Waals surface area contributed by atoms with Gasteiger partial charge in [-0.3, -0.25) is 4.79 Å². The quantitative estimate of drug-likeness (QED) is 0.460. The third-order valence-electron chi connectivity index (χ3n) is 3.92. The predicted octanol–water partition coefficient (Wildman–Crippen LogP) is 4.10. The van der Waals surface area contributed by atoms with Gasteiger partial charge in [-0.25, -0.2) is 0 Å². The number of thioether (sulfide) groups is 1. The molecule has 0 radical (unpaired) electrons. The highest BCUT2D eigenvalue weighted by molar-refractivity contribution is 8.00. The third kappa shape index (κ3) is 4.05. The Bertz CT molecular complexity index is 1030. The SMILES string of the molecule is CCC(Sc1ccc2nnc(-c3cccs3)n2n1)C(=O)NCc1cccs1. The van der Waals surface area contributed by atoms with E-state index in [9.17, 15) is 4.79 Å². The molecule has 1 unspecified atom stereocenters. The van der Waals surface area contributed by atoms with E-state index >= 15 is 0 Å². The van der Waals surface area contributed by atoms with Crippen molar-refractivity contribution in [3.63, 3.8) is 0 Å². The summed E-state index contributed by atoms with van der Waals surface area (Å²) in [5, 5.41) is 20.7. The molecule has 1 amide bonds. The lowest BCUT2D eigenvalue weighted by molar-refractivity contribution is -0.120. The number of nitrogens with zero attached hydrogens (tertiary/aromatic N) is 4. The number of fused-ring (bicyclic) bond motifs is 1. The maximum atomic E-state index is 12.6. The van der Waals surface area contributed by atoms with Gasteiger partial charge in [0.05, 0.1) is 16.7 Å². The summed E-state index contributed by atoms with van der Waals surface area (Å²) in [4.78, 5) is 14.7. The second kappa shape index (κ2) is 8.20. The molecule has 4 aromatic rings. The number of carbonyl (C=O) groups is 1. The monoisotopic (exact) mass is 415 g/mol. The first-order valence-corrected chi connectivity index (χ1v) is 11.1. The topological polar surface area (TPSA) is 72.2 Å². The van der Waals surface area contributed by atoms with Crippen LogP contribution in [0.5, 0.6) is 0 Å². The Morgan fingerprint density at radius 2 is 2.04 bits per heavy atom. The number of rotatable bonds is 7. The fourth-order valence-electron chi connectivity index (χ4n) is 2.56. The van der Waals surface area contributed by atoms with Gasteiger partial charge in [0.15, 0.2) is 11.5 Å². The van der Waals surface area contributed by atoms with Crippen LogP contribution in [0.2, 0.25) is 0 Å². The van der Waals surface area contributed by atoms with Crippen LogP contribution in [0.1, 0.15) is 18.2 Å². The minimum absolute atomic E-state index is 0.0278. The first-order valence-electron chi connectivity index (χ1n) is 8.47. The molecule has 0 fully saturated rings. The van der Waals surface area contributed by atoms with E-state index in [1.165, 1.54) is 11.8 Å². The first-order chi connectivity index (χ1) is 13.2. The van der Waals surface area contributed by atoms with Crippen LogP contribution >= 0.6 is 34.4 Å².